The number of benzene rings is 1. The lowest BCUT2D eigenvalue weighted by atomic mass is 10.2. The first-order chi connectivity index (χ1) is 10.6. The molecule has 1 unspecified atom stereocenters. The van der Waals surface area contributed by atoms with E-state index in [1.165, 1.54) is 6.07 Å². The fourth-order valence-corrected chi connectivity index (χ4v) is 2.92. The maximum atomic E-state index is 11.3. The van der Waals surface area contributed by atoms with Crippen LogP contribution in [-0.4, -0.2) is 40.5 Å². The lowest BCUT2D eigenvalue weighted by Crippen LogP contribution is -2.44. The molecule has 1 aliphatic heterocycles. The summed E-state index contributed by atoms with van der Waals surface area (Å²) in [5.41, 5.74) is 0.732. The van der Waals surface area contributed by atoms with Crippen molar-refractivity contribution in [2.75, 3.05) is 24.6 Å². The Balaban J connectivity index is 1.78. The third kappa shape index (κ3) is 3.28. The first-order valence-electron chi connectivity index (χ1n) is 6.91. The second-order valence-corrected chi connectivity index (χ2v) is 5.97. The van der Waals surface area contributed by atoms with Gasteiger partial charge in [0.15, 0.2) is 0 Å². The van der Waals surface area contributed by atoms with E-state index in [4.69, 9.17) is 4.74 Å². The minimum absolute atomic E-state index is 0.0445. The highest BCUT2D eigenvalue weighted by atomic mass is 79.9. The van der Waals surface area contributed by atoms with Crippen molar-refractivity contribution in [1.29, 1.82) is 0 Å². The fourth-order valence-electron chi connectivity index (χ4n) is 2.58. The van der Waals surface area contributed by atoms with Gasteiger partial charge < -0.3 is 9.64 Å². The summed E-state index contributed by atoms with van der Waals surface area (Å²) in [6, 6.07) is 6.99. The maximum absolute atomic E-state index is 11.3. The maximum Gasteiger partial charge on any atom is 0.293 e. The molecule has 7 nitrogen and oxygen atoms in total. The van der Waals surface area contributed by atoms with E-state index < -0.39 is 0 Å². The smallest absolute Gasteiger partial charge is 0.293 e. The van der Waals surface area contributed by atoms with E-state index in [2.05, 4.69) is 21.0 Å². The number of ether oxygens (including phenoxy) is 1. The summed E-state index contributed by atoms with van der Waals surface area (Å²) in [5.74, 6) is 0. The predicted octanol–water partition coefficient (Wildman–Crippen LogP) is 2.46. The summed E-state index contributed by atoms with van der Waals surface area (Å²) in [4.78, 5) is 12.9. The molecule has 0 radical (unpaired) electrons. The third-order valence-corrected chi connectivity index (χ3v) is 4.06. The number of hydrogen-bond acceptors (Lipinski definition) is 5. The van der Waals surface area contributed by atoms with Crippen LogP contribution in [-0.2, 0) is 11.3 Å². The van der Waals surface area contributed by atoms with Crippen LogP contribution < -0.4 is 4.90 Å². The first kappa shape index (κ1) is 15.0. The van der Waals surface area contributed by atoms with Gasteiger partial charge in [0.2, 0.25) is 0 Å². The zero-order chi connectivity index (χ0) is 15.5. The molecule has 1 saturated heterocycles. The van der Waals surface area contributed by atoms with Gasteiger partial charge in [0, 0.05) is 36.0 Å². The molecule has 1 fully saturated rings. The number of nitrogens with zero attached hydrogens (tertiary/aromatic N) is 4. The normalized spacial score (nSPS) is 18.4. The molecule has 3 rings (SSSR count). The Hall–Kier alpha value is -1.93. The topological polar surface area (TPSA) is 73.4 Å². The Bertz CT molecular complexity index is 662. The van der Waals surface area contributed by atoms with Gasteiger partial charge in [0.1, 0.15) is 5.69 Å². The average molecular weight is 367 g/mol. The average Bonchev–Trinajstić information content (AvgIpc) is 3.00. The molecule has 0 bridgehead atoms. The van der Waals surface area contributed by atoms with Crippen molar-refractivity contribution in [2.45, 2.75) is 12.6 Å². The molecule has 0 saturated carbocycles. The van der Waals surface area contributed by atoms with Crippen LogP contribution in [0.25, 0.3) is 0 Å². The predicted molar refractivity (Wildman–Crippen MR) is 85.0 cm³/mol. The zero-order valence-electron chi connectivity index (χ0n) is 11.8. The van der Waals surface area contributed by atoms with Crippen LogP contribution in [0, 0.1) is 10.1 Å². The number of hydrogen-bond donors (Lipinski definition) is 0. The second-order valence-electron chi connectivity index (χ2n) is 5.06. The van der Waals surface area contributed by atoms with Gasteiger partial charge in [0.05, 0.1) is 24.2 Å². The molecule has 1 aromatic carbocycles. The highest BCUT2D eigenvalue weighted by Crippen LogP contribution is 2.32. The lowest BCUT2D eigenvalue weighted by Gasteiger charge is -2.34. The van der Waals surface area contributed by atoms with Gasteiger partial charge in [0.25, 0.3) is 5.69 Å². The first-order valence-corrected chi connectivity index (χ1v) is 7.70. The van der Waals surface area contributed by atoms with Crippen molar-refractivity contribution < 1.29 is 9.66 Å². The van der Waals surface area contributed by atoms with Gasteiger partial charge in [-0.3, -0.25) is 14.8 Å². The Morgan fingerprint density at radius 1 is 1.50 bits per heavy atom. The third-order valence-electron chi connectivity index (χ3n) is 3.56. The Morgan fingerprint density at radius 3 is 3.09 bits per heavy atom. The summed E-state index contributed by atoms with van der Waals surface area (Å²) < 4.78 is 8.25. The SMILES string of the molecule is O=[N+]([O-])c1cc(Br)ccc1N1CCOC(Cn2cccn2)C1. The fraction of sp³-hybridized carbons (Fsp3) is 0.357. The molecule has 0 amide bonds. The van der Waals surface area contributed by atoms with E-state index in [-0.39, 0.29) is 16.7 Å². The molecule has 2 aromatic rings. The number of aromatic nitrogens is 2. The van der Waals surface area contributed by atoms with Crippen LogP contribution in [0.4, 0.5) is 11.4 Å². The van der Waals surface area contributed by atoms with Gasteiger partial charge in [-0.2, -0.15) is 5.10 Å². The van der Waals surface area contributed by atoms with Crippen LogP contribution in [0.3, 0.4) is 0 Å². The van der Waals surface area contributed by atoms with Crippen molar-refractivity contribution in [3.05, 3.63) is 51.2 Å². The van der Waals surface area contributed by atoms with Gasteiger partial charge in [-0.15, -0.1) is 0 Å². The van der Waals surface area contributed by atoms with Crippen LogP contribution in [0.2, 0.25) is 0 Å². The Morgan fingerprint density at radius 2 is 2.36 bits per heavy atom. The van der Waals surface area contributed by atoms with E-state index in [1.54, 1.807) is 12.3 Å². The number of anilines is 1. The Labute approximate surface area is 135 Å². The quantitative estimate of drug-likeness (QED) is 0.613. The van der Waals surface area contributed by atoms with Crippen molar-refractivity contribution in [3.8, 4) is 0 Å². The van der Waals surface area contributed by atoms with Gasteiger partial charge in [-0.1, -0.05) is 15.9 Å². The van der Waals surface area contributed by atoms with Crippen LogP contribution in [0.15, 0.2) is 41.1 Å². The van der Waals surface area contributed by atoms with E-state index in [1.807, 2.05) is 27.9 Å². The summed E-state index contributed by atoms with van der Waals surface area (Å²) in [5, 5.41) is 15.4. The van der Waals surface area contributed by atoms with Gasteiger partial charge >= 0.3 is 0 Å². The van der Waals surface area contributed by atoms with E-state index in [0.29, 0.717) is 36.4 Å². The summed E-state index contributed by atoms with van der Waals surface area (Å²) in [6.45, 7) is 2.41. The van der Waals surface area contributed by atoms with E-state index >= 15 is 0 Å². The van der Waals surface area contributed by atoms with Gasteiger partial charge in [-0.25, -0.2) is 0 Å². The van der Waals surface area contributed by atoms with Crippen LogP contribution in [0.1, 0.15) is 0 Å². The van der Waals surface area contributed by atoms with Crippen molar-refractivity contribution in [3.63, 3.8) is 0 Å². The molecule has 0 aliphatic carbocycles. The number of halogens is 1. The molecule has 2 heterocycles. The minimum atomic E-state index is -0.349. The number of nitro groups is 1. The van der Waals surface area contributed by atoms with Crippen molar-refractivity contribution in [2.24, 2.45) is 0 Å². The standard InChI is InChI=1S/C14H15BrN4O3/c15-11-2-3-13(14(8-11)19(20)21)17-6-7-22-12(9-17)10-18-5-1-4-16-18/h1-5,8,12H,6-7,9-10H2. The minimum Gasteiger partial charge on any atom is -0.373 e. The molecule has 1 aromatic heterocycles. The van der Waals surface area contributed by atoms with Gasteiger partial charge in [-0.05, 0) is 18.2 Å². The molecule has 0 N–H and O–H groups in total. The van der Waals surface area contributed by atoms with E-state index in [0.717, 1.165) is 0 Å². The molecular formula is C14H15BrN4O3. The zero-order valence-corrected chi connectivity index (χ0v) is 13.3. The summed E-state index contributed by atoms with van der Waals surface area (Å²) in [6.07, 6.45) is 3.56. The number of rotatable bonds is 4. The molecular weight excluding hydrogens is 352 g/mol. The monoisotopic (exact) mass is 366 g/mol. The van der Waals surface area contributed by atoms with E-state index in [9.17, 15) is 10.1 Å². The molecule has 0 spiro atoms. The highest BCUT2D eigenvalue weighted by molar-refractivity contribution is 9.10. The highest BCUT2D eigenvalue weighted by Gasteiger charge is 2.26. The van der Waals surface area contributed by atoms with Crippen molar-refractivity contribution >= 4 is 27.3 Å². The largest absolute Gasteiger partial charge is 0.373 e. The number of nitro benzene ring substituents is 1. The molecule has 1 aliphatic rings. The Kier molecular flexibility index (Phi) is 4.39. The molecule has 1 atom stereocenters. The van der Waals surface area contributed by atoms with Crippen LogP contribution in [0.5, 0.6) is 0 Å². The molecule has 22 heavy (non-hydrogen) atoms. The molecule has 8 heteroatoms. The summed E-state index contributed by atoms with van der Waals surface area (Å²) in [7, 11) is 0. The lowest BCUT2D eigenvalue weighted by molar-refractivity contribution is -0.384. The summed E-state index contributed by atoms with van der Waals surface area (Å²) >= 11 is 3.28. The number of morpholine rings is 1. The van der Waals surface area contributed by atoms with Crippen LogP contribution >= 0.6 is 15.9 Å². The van der Waals surface area contributed by atoms with Crippen molar-refractivity contribution in [1.82, 2.24) is 9.78 Å². The molecule has 116 valence electrons. The second kappa shape index (κ2) is 6.45.